The van der Waals surface area contributed by atoms with Gasteiger partial charge in [0.05, 0.1) is 13.2 Å². The maximum atomic E-state index is 6.16. The quantitative estimate of drug-likeness (QED) is 0.852. The minimum Gasteiger partial charge on any atom is -0.486 e. The van der Waals surface area contributed by atoms with Gasteiger partial charge in [-0.2, -0.15) is 0 Å². The van der Waals surface area contributed by atoms with Gasteiger partial charge in [-0.05, 0) is 18.1 Å². The van der Waals surface area contributed by atoms with E-state index in [9.17, 15) is 0 Å². The number of anilines is 1. The topological polar surface area (TPSA) is 57.0 Å². The van der Waals surface area contributed by atoms with E-state index in [1.165, 1.54) is 0 Å². The Bertz CT molecular complexity index is 478. The molecule has 0 aromatic heterocycles. The second-order valence-electron chi connectivity index (χ2n) is 5.30. The average molecular weight is 278 g/mol. The summed E-state index contributed by atoms with van der Waals surface area (Å²) in [6.07, 6.45) is 1.09. The smallest absolute Gasteiger partial charge is 0.163 e. The number of nitrogens with two attached hydrogens (primary N) is 1. The molecule has 1 fully saturated rings. The molecule has 110 valence electrons. The molecule has 2 aliphatic rings. The van der Waals surface area contributed by atoms with E-state index in [-0.39, 0.29) is 0 Å². The molecule has 0 bridgehead atoms. The Morgan fingerprint density at radius 1 is 1.20 bits per heavy atom. The molecular weight excluding hydrogens is 256 g/mol. The second kappa shape index (κ2) is 5.89. The Kier molecular flexibility index (Phi) is 3.98. The third-order valence-electron chi connectivity index (χ3n) is 4.00. The number of hydrogen-bond donors (Lipinski definition) is 1. The van der Waals surface area contributed by atoms with Crippen molar-refractivity contribution < 1.29 is 14.2 Å². The molecule has 1 aromatic carbocycles. The van der Waals surface area contributed by atoms with Gasteiger partial charge in [0.2, 0.25) is 0 Å². The van der Waals surface area contributed by atoms with Crippen LogP contribution in [-0.4, -0.2) is 43.9 Å². The molecule has 2 heterocycles. The maximum absolute atomic E-state index is 6.16. The maximum Gasteiger partial charge on any atom is 0.163 e. The van der Waals surface area contributed by atoms with Crippen molar-refractivity contribution in [3.05, 3.63) is 17.7 Å². The Morgan fingerprint density at radius 2 is 1.95 bits per heavy atom. The van der Waals surface area contributed by atoms with E-state index >= 15 is 0 Å². The van der Waals surface area contributed by atoms with Crippen molar-refractivity contribution in [2.24, 2.45) is 0 Å². The van der Waals surface area contributed by atoms with Gasteiger partial charge in [-0.3, -0.25) is 4.90 Å². The average Bonchev–Trinajstić information content (AvgIpc) is 2.48. The van der Waals surface area contributed by atoms with Crippen LogP contribution < -0.4 is 15.2 Å². The van der Waals surface area contributed by atoms with Gasteiger partial charge in [0.15, 0.2) is 11.5 Å². The monoisotopic (exact) mass is 278 g/mol. The van der Waals surface area contributed by atoms with Crippen molar-refractivity contribution in [1.29, 1.82) is 0 Å². The molecule has 0 amide bonds. The lowest BCUT2D eigenvalue weighted by atomic mass is 10.1. The number of nitrogens with zero attached hydrogens (tertiary/aromatic N) is 1. The normalized spacial score (nSPS) is 22.8. The van der Waals surface area contributed by atoms with Crippen molar-refractivity contribution in [2.45, 2.75) is 25.9 Å². The van der Waals surface area contributed by atoms with E-state index < -0.39 is 0 Å². The molecule has 1 atom stereocenters. The molecule has 5 nitrogen and oxygen atoms in total. The molecule has 1 saturated heterocycles. The third-order valence-corrected chi connectivity index (χ3v) is 4.00. The van der Waals surface area contributed by atoms with Gasteiger partial charge in [0.25, 0.3) is 0 Å². The van der Waals surface area contributed by atoms with E-state index in [2.05, 4.69) is 11.8 Å². The van der Waals surface area contributed by atoms with Crippen LogP contribution in [-0.2, 0) is 11.3 Å². The molecule has 0 aliphatic carbocycles. The summed E-state index contributed by atoms with van der Waals surface area (Å²) in [5.41, 5.74) is 8.04. The van der Waals surface area contributed by atoms with Gasteiger partial charge in [-0.15, -0.1) is 0 Å². The molecular formula is C15H22N2O3. The zero-order valence-electron chi connectivity index (χ0n) is 11.9. The van der Waals surface area contributed by atoms with Crippen molar-refractivity contribution in [3.63, 3.8) is 0 Å². The van der Waals surface area contributed by atoms with Crippen molar-refractivity contribution in [3.8, 4) is 11.5 Å². The lowest BCUT2D eigenvalue weighted by Crippen LogP contribution is -2.44. The van der Waals surface area contributed by atoms with Crippen LogP contribution in [0.25, 0.3) is 0 Å². The Morgan fingerprint density at radius 3 is 2.70 bits per heavy atom. The van der Waals surface area contributed by atoms with Crippen LogP contribution in [0.1, 0.15) is 18.9 Å². The summed E-state index contributed by atoms with van der Waals surface area (Å²) in [5.74, 6) is 1.56. The van der Waals surface area contributed by atoms with E-state index in [1.54, 1.807) is 0 Å². The number of morpholine rings is 1. The lowest BCUT2D eigenvalue weighted by Gasteiger charge is -2.35. The van der Waals surface area contributed by atoms with Crippen LogP contribution >= 0.6 is 0 Å². The van der Waals surface area contributed by atoms with Crippen LogP contribution in [0.3, 0.4) is 0 Å². The summed E-state index contributed by atoms with van der Waals surface area (Å²) < 4.78 is 16.7. The number of fused-ring (bicyclic) bond motifs is 1. The fourth-order valence-electron chi connectivity index (χ4n) is 2.78. The number of rotatable bonds is 3. The Balaban J connectivity index is 1.79. The molecule has 3 rings (SSSR count). The lowest BCUT2D eigenvalue weighted by molar-refractivity contribution is -0.0126. The first-order chi connectivity index (χ1) is 9.78. The molecule has 1 unspecified atom stereocenters. The minimum absolute atomic E-state index is 0.469. The summed E-state index contributed by atoms with van der Waals surface area (Å²) in [7, 11) is 0. The Hall–Kier alpha value is -1.46. The first-order valence-corrected chi connectivity index (χ1v) is 7.27. The zero-order valence-corrected chi connectivity index (χ0v) is 11.9. The second-order valence-corrected chi connectivity index (χ2v) is 5.30. The van der Waals surface area contributed by atoms with E-state index in [1.807, 2.05) is 12.1 Å². The van der Waals surface area contributed by atoms with Gasteiger partial charge >= 0.3 is 0 Å². The predicted octanol–water partition coefficient (Wildman–Crippen LogP) is 1.65. The third kappa shape index (κ3) is 2.69. The summed E-state index contributed by atoms with van der Waals surface area (Å²) in [4.78, 5) is 2.44. The number of benzene rings is 1. The summed E-state index contributed by atoms with van der Waals surface area (Å²) in [6.45, 7) is 6.77. The SMILES string of the molecule is CCC1COCCN1Cc1cc2c(cc1N)OCCO2. The highest BCUT2D eigenvalue weighted by Gasteiger charge is 2.23. The summed E-state index contributed by atoms with van der Waals surface area (Å²) in [5, 5.41) is 0. The van der Waals surface area contributed by atoms with Crippen LogP contribution in [0, 0.1) is 0 Å². The molecule has 0 spiro atoms. The van der Waals surface area contributed by atoms with Crippen molar-refractivity contribution >= 4 is 5.69 Å². The Labute approximate surface area is 119 Å². The fourth-order valence-corrected chi connectivity index (χ4v) is 2.78. The number of nitrogen functional groups attached to an aromatic ring is 1. The number of ether oxygens (including phenoxy) is 3. The summed E-state index contributed by atoms with van der Waals surface area (Å²) >= 11 is 0. The fraction of sp³-hybridized carbons (Fsp3) is 0.600. The van der Waals surface area contributed by atoms with Gasteiger partial charge in [-0.25, -0.2) is 0 Å². The van der Waals surface area contributed by atoms with Crippen molar-refractivity contribution in [2.75, 3.05) is 38.7 Å². The summed E-state index contributed by atoms with van der Waals surface area (Å²) in [6, 6.07) is 4.37. The van der Waals surface area contributed by atoms with Gasteiger partial charge in [0.1, 0.15) is 13.2 Å². The van der Waals surface area contributed by atoms with Crippen molar-refractivity contribution in [1.82, 2.24) is 4.90 Å². The van der Waals surface area contributed by atoms with Crippen LogP contribution in [0.5, 0.6) is 11.5 Å². The molecule has 5 heteroatoms. The van der Waals surface area contributed by atoms with Gasteiger partial charge in [0, 0.05) is 30.9 Å². The molecule has 2 aliphatic heterocycles. The van der Waals surface area contributed by atoms with Crippen LogP contribution in [0.2, 0.25) is 0 Å². The molecule has 1 aromatic rings. The minimum atomic E-state index is 0.469. The highest BCUT2D eigenvalue weighted by molar-refractivity contribution is 5.58. The van der Waals surface area contributed by atoms with E-state index in [0.717, 1.165) is 55.5 Å². The molecule has 0 saturated carbocycles. The first kappa shape index (κ1) is 13.5. The van der Waals surface area contributed by atoms with E-state index in [4.69, 9.17) is 19.9 Å². The first-order valence-electron chi connectivity index (χ1n) is 7.27. The molecule has 20 heavy (non-hydrogen) atoms. The standard InChI is InChI=1S/C15H22N2O3/c1-2-12-10-18-4-3-17(12)9-11-7-14-15(8-13(11)16)20-6-5-19-14/h7-8,12H,2-6,9-10,16H2,1H3. The van der Waals surface area contributed by atoms with E-state index in [0.29, 0.717) is 19.3 Å². The highest BCUT2D eigenvalue weighted by Crippen LogP contribution is 2.35. The highest BCUT2D eigenvalue weighted by atomic mass is 16.6. The molecule has 0 radical (unpaired) electrons. The predicted molar refractivity (Wildman–Crippen MR) is 77.2 cm³/mol. The zero-order chi connectivity index (χ0) is 13.9. The largest absolute Gasteiger partial charge is 0.486 e. The van der Waals surface area contributed by atoms with Crippen LogP contribution in [0.15, 0.2) is 12.1 Å². The van der Waals surface area contributed by atoms with Gasteiger partial charge < -0.3 is 19.9 Å². The number of hydrogen-bond acceptors (Lipinski definition) is 5. The van der Waals surface area contributed by atoms with Gasteiger partial charge in [-0.1, -0.05) is 6.92 Å². The van der Waals surface area contributed by atoms with Crippen LogP contribution in [0.4, 0.5) is 5.69 Å². The molecule has 2 N–H and O–H groups in total.